The van der Waals surface area contributed by atoms with Crippen LogP contribution in [0.25, 0.3) is 11.0 Å². The molecule has 0 unspecified atom stereocenters. The van der Waals surface area contributed by atoms with Gasteiger partial charge in [-0.3, -0.25) is 4.79 Å². The van der Waals surface area contributed by atoms with Gasteiger partial charge in [-0.15, -0.1) is 0 Å². The number of amides is 1. The Morgan fingerprint density at radius 1 is 1.03 bits per heavy atom. The number of benzene rings is 2. The predicted molar refractivity (Wildman–Crippen MR) is 107 cm³/mol. The Balaban J connectivity index is 1.77. The van der Waals surface area contributed by atoms with Crippen LogP contribution in [0.1, 0.15) is 28.3 Å². The van der Waals surface area contributed by atoms with Crippen LogP contribution < -0.4 is 15.7 Å². The van der Waals surface area contributed by atoms with Crippen molar-refractivity contribution in [2.45, 2.75) is 26.8 Å². The molecule has 7 heteroatoms. The highest BCUT2D eigenvalue weighted by Gasteiger charge is 2.22. The third-order valence-electron chi connectivity index (χ3n) is 4.87. The van der Waals surface area contributed by atoms with Gasteiger partial charge in [0.25, 0.3) is 5.91 Å². The molecule has 1 amide bonds. The number of fused-ring (bicyclic) bond motifs is 1. The lowest BCUT2D eigenvalue weighted by Gasteiger charge is -2.16. The lowest BCUT2D eigenvalue weighted by molar-refractivity contribution is -0.142. The van der Waals surface area contributed by atoms with E-state index in [0.717, 1.165) is 10.9 Å². The van der Waals surface area contributed by atoms with Gasteiger partial charge in [0, 0.05) is 16.5 Å². The number of carboxylic acids is 1. The lowest BCUT2D eigenvalue weighted by Crippen LogP contribution is -2.36. The molecule has 0 aliphatic carbocycles. The van der Waals surface area contributed by atoms with Crippen LogP contribution in [0.5, 0.6) is 5.75 Å². The summed E-state index contributed by atoms with van der Waals surface area (Å²) >= 11 is 0. The number of hydrogen-bond acceptors (Lipinski definition) is 5. The molecule has 3 aromatic rings. The van der Waals surface area contributed by atoms with Crippen LogP contribution >= 0.6 is 0 Å². The Morgan fingerprint density at radius 2 is 1.72 bits per heavy atom. The Hall–Kier alpha value is -3.61. The molecule has 29 heavy (non-hydrogen) atoms. The van der Waals surface area contributed by atoms with Gasteiger partial charge in [0.2, 0.25) is 0 Å². The van der Waals surface area contributed by atoms with E-state index in [2.05, 4.69) is 5.32 Å². The average Bonchev–Trinajstić information content (AvgIpc) is 2.71. The molecule has 0 radical (unpaired) electrons. The molecule has 1 atom stereocenters. The van der Waals surface area contributed by atoms with Gasteiger partial charge in [-0.25, -0.2) is 9.59 Å². The minimum absolute atomic E-state index is 0.377. The number of hydrogen-bond donors (Lipinski definition) is 2. The summed E-state index contributed by atoms with van der Waals surface area (Å²) in [6, 6.07) is 10.7. The maximum atomic E-state index is 12.3. The van der Waals surface area contributed by atoms with Crippen LogP contribution in [-0.4, -0.2) is 23.6 Å². The average molecular weight is 395 g/mol. The normalized spacial score (nSPS) is 11.8. The van der Waals surface area contributed by atoms with Crippen molar-refractivity contribution in [3.05, 3.63) is 75.1 Å². The minimum atomic E-state index is -1.17. The second-order valence-electron chi connectivity index (χ2n) is 6.74. The van der Waals surface area contributed by atoms with Crippen LogP contribution in [0.3, 0.4) is 0 Å². The molecule has 0 saturated carbocycles. The van der Waals surface area contributed by atoms with Crippen LogP contribution in [0.2, 0.25) is 0 Å². The van der Waals surface area contributed by atoms with Gasteiger partial charge in [0.15, 0.2) is 12.6 Å². The summed E-state index contributed by atoms with van der Waals surface area (Å²) in [5.41, 5.74) is 2.42. The maximum absolute atomic E-state index is 12.3. The minimum Gasteiger partial charge on any atom is -0.483 e. The number of carbonyl (C=O) groups is 2. The van der Waals surface area contributed by atoms with Crippen LogP contribution in [0, 0.1) is 20.8 Å². The molecular weight excluding hydrogens is 374 g/mol. The Kier molecular flexibility index (Phi) is 5.68. The van der Waals surface area contributed by atoms with Crippen molar-refractivity contribution in [2.24, 2.45) is 0 Å². The number of carbonyl (C=O) groups excluding carboxylic acids is 1. The summed E-state index contributed by atoms with van der Waals surface area (Å²) in [4.78, 5) is 35.7. The summed E-state index contributed by atoms with van der Waals surface area (Å²) in [5, 5.41) is 12.6. The Bertz CT molecular complexity index is 1130. The van der Waals surface area contributed by atoms with Crippen molar-refractivity contribution in [3.8, 4) is 5.75 Å². The zero-order valence-corrected chi connectivity index (χ0v) is 16.3. The van der Waals surface area contributed by atoms with E-state index in [1.165, 1.54) is 0 Å². The fraction of sp³-hybridized carbons (Fsp3) is 0.227. The van der Waals surface area contributed by atoms with Crippen molar-refractivity contribution >= 4 is 22.8 Å². The molecule has 0 aliphatic heterocycles. The smallest absolute Gasteiger partial charge is 0.339 e. The largest absolute Gasteiger partial charge is 0.483 e. The van der Waals surface area contributed by atoms with Gasteiger partial charge >= 0.3 is 11.6 Å². The van der Waals surface area contributed by atoms with Gasteiger partial charge in [-0.1, -0.05) is 30.3 Å². The standard InChI is InChI=1S/C22H21NO6/c1-12-13(2)22(27)29-20-14(3)17(10-9-16(12)20)28-11-18(24)23-19(21(25)26)15-7-5-4-6-8-15/h4-10,19H,11H2,1-3H3,(H,23,24)(H,25,26)/t19-/m0/s1. The van der Waals surface area contributed by atoms with Crippen molar-refractivity contribution in [1.82, 2.24) is 5.32 Å². The molecule has 2 N–H and O–H groups in total. The highest BCUT2D eigenvalue weighted by Crippen LogP contribution is 2.29. The maximum Gasteiger partial charge on any atom is 0.339 e. The molecule has 0 fully saturated rings. The summed E-state index contributed by atoms with van der Waals surface area (Å²) in [5.74, 6) is -1.37. The van der Waals surface area contributed by atoms with Crippen molar-refractivity contribution in [3.63, 3.8) is 0 Å². The molecule has 0 saturated heterocycles. The first kappa shape index (κ1) is 20.1. The molecule has 1 heterocycles. The van der Waals surface area contributed by atoms with E-state index in [4.69, 9.17) is 9.15 Å². The van der Waals surface area contributed by atoms with Gasteiger partial charge in [0.05, 0.1) is 0 Å². The molecule has 0 aliphatic rings. The molecule has 150 valence electrons. The molecule has 3 rings (SSSR count). The number of carboxylic acid groups (broad SMARTS) is 1. The summed E-state index contributed by atoms with van der Waals surface area (Å²) in [6.07, 6.45) is 0. The number of aryl methyl sites for hydroxylation is 2. The van der Waals surface area contributed by atoms with Crippen molar-refractivity contribution in [2.75, 3.05) is 6.61 Å². The van der Waals surface area contributed by atoms with Crippen LogP contribution in [-0.2, 0) is 9.59 Å². The summed E-state index contributed by atoms with van der Waals surface area (Å²) < 4.78 is 11.0. The van der Waals surface area contributed by atoms with E-state index in [0.29, 0.717) is 28.0 Å². The number of ether oxygens (including phenoxy) is 1. The Labute approximate surface area is 166 Å². The highest BCUT2D eigenvalue weighted by atomic mass is 16.5. The van der Waals surface area contributed by atoms with Gasteiger partial charge < -0.3 is 19.6 Å². The second kappa shape index (κ2) is 8.18. The first-order valence-corrected chi connectivity index (χ1v) is 9.03. The zero-order chi connectivity index (χ0) is 21.1. The SMILES string of the molecule is Cc1c(C)c2ccc(OCC(=O)N[C@H](C(=O)O)c3ccccc3)c(C)c2oc1=O. The molecule has 0 spiro atoms. The van der Waals surface area contributed by atoms with Gasteiger partial charge in [0.1, 0.15) is 11.3 Å². The molecular formula is C22H21NO6. The van der Waals surface area contributed by atoms with Gasteiger partial charge in [-0.05, 0) is 44.0 Å². The van der Waals surface area contributed by atoms with Crippen LogP contribution in [0.4, 0.5) is 0 Å². The Morgan fingerprint density at radius 3 is 2.38 bits per heavy atom. The van der Waals surface area contributed by atoms with Crippen LogP contribution in [0.15, 0.2) is 51.7 Å². The van der Waals surface area contributed by atoms with E-state index >= 15 is 0 Å². The highest BCUT2D eigenvalue weighted by molar-refractivity contribution is 5.87. The van der Waals surface area contributed by atoms with Crippen molar-refractivity contribution in [1.29, 1.82) is 0 Å². The second-order valence-corrected chi connectivity index (χ2v) is 6.74. The number of rotatable bonds is 6. The van der Waals surface area contributed by atoms with E-state index in [1.807, 2.05) is 6.92 Å². The fourth-order valence-corrected chi connectivity index (χ4v) is 3.06. The topological polar surface area (TPSA) is 106 Å². The fourth-order valence-electron chi connectivity index (χ4n) is 3.06. The third kappa shape index (κ3) is 4.13. The van der Waals surface area contributed by atoms with Gasteiger partial charge in [-0.2, -0.15) is 0 Å². The molecule has 2 aromatic carbocycles. The van der Waals surface area contributed by atoms with E-state index in [9.17, 15) is 19.5 Å². The molecule has 0 bridgehead atoms. The van der Waals surface area contributed by atoms with E-state index in [-0.39, 0.29) is 6.61 Å². The molecule has 7 nitrogen and oxygen atoms in total. The number of aliphatic carboxylic acids is 1. The van der Waals surface area contributed by atoms with E-state index < -0.39 is 23.5 Å². The predicted octanol–water partition coefficient (Wildman–Crippen LogP) is 3.04. The number of nitrogens with one attached hydrogen (secondary N) is 1. The summed E-state index contributed by atoms with van der Waals surface area (Å²) in [6.45, 7) is 4.91. The third-order valence-corrected chi connectivity index (χ3v) is 4.87. The monoisotopic (exact) mass is 395 g/mol. The summed E-state index contributed by atoms with van der Waals surface area (Å²) in [7, 11) is 0. The first-order chi connectivity index (χ1) is 13.8. The lowest BCUT2D eigenvalue weighted by atomic mass is 10.0. The van der Waals surface area contributed by atoms with Crippen molar-refractivity contribution < 1.29 is 23.8 Å². The first-order valence-electron chi connectivity index (χ1n) is 9.03. The zero-order valence-electron chi connectivity index (χ0n) is 16.3. The quantitative estimate of drug-likeness (QED) is 0.622. The van der Waals surface area contributed by atoms with E-state index in [1.54, 1.807) is 56.3 Å². The molecule has 1 aromatic heterocycles.